The van der Waals surface area contributed by atoms with E-state index in [0.29, 0.717) is 0 Å². The SMILES string of the molecule is CCOC(=O)/C(N)=C/C(O)=C(\N)NC(=O)OC(C)(C)C. The Kier molecular flexibility index (Phi) is 6.40. The summed E-state index contributed by atoms with van der Waals surface area (Å²) in [6, 6.07) is 0. The molecule has 0 bridgehead atoms. The van der Waals surface area contributed by atoms with Gasteiger partial charge in [0.05, 0.1) is 6.61 Å². The van der Waals surface area contributed by atoms with Gasteiger partial charge in [0.1, 0.15) is 17.1 Å². The number of amides is 1. The number of hydrogen-bond donors (Lipinski definition) is 4. The fourth-order valence-electron chi connectivity index (χ4n) is 0.976. The number of nitrogens with one attached hydrogen (secondary N) is 1. The summed E-state index contributed by atoms with van der Waals surface area (Å²) in [5.74, 6) is -1.78. The third kappa shape index (κ3) is 7.14. The van der Waals surface area contributed by atoms with Gasteiger partial charge in [-0.1, -0.05) is 0 Å². The van der Waals surface area contributed by atoms with Crippen LogP contribution < -0.4 is 16.8 Å². The highest BCUT2D eigenvalue weighted by molar-refractivity contribution is 5.87. The molecule has 0 heterocycles. The first kappa shape index (κ1) is 17.6. The van der Waals surface area contributed by atoms with Crippen LogP contribution >= 0.6 is 0 Å². The molecule has 0 aromatic rings. The number of ether oxygens (including phenoxy) is 2. The minimum atomic E-state index is -0.843. The van der Waals surface area contributed by atoms with E-state index in [9.17, 15) is 14.7 Å². The van der Waals surface area contributed by atoms with E-state index in [1.807, 2.05) is 0 Å². The molecule has 0 atom stereocenters. The Morgan fingerprint density at radius 3 is 2.30 bits per heavy atom. The molecule has 1 amide bonds. The Morgan fingerprint density at radius 1 is 1.30 bits per heavy atom. The van der Waals surface area contributed by atoms with Crippen molar-refractivity contribution < 1.29 is 24.2 Å². The van der Waals surface area contributed by atoms with Crippen molar-refractivity contribution in [3.8, 4) is 0 Å². The topological polar surface area (TPSA) is 137 Å². The summed E-state index contributed by atoms with van der Waals surface area (Å²) in [5, 5.41) is 11.7. The summed E-state index contributed by atoms with van der Waals surface area (Å²) in [7, 11) is 0. The lowest BCUT2D eigenvalue weighted by Gasteiger charge is -2.19. The van der Waals surface area contributed by atoms with Crippen molar-refractivity contribution in [2.24, 2.45) is 11.5 Å². The Bertz CT molecular complexity index is 435. The molecule has 0 aromatic carbocycles. The molecule has 0 aliphatic carbocycles. The third-order valence-electron chi connectivity index (χ3n) is 1.71. The van der Waals surface area contributed by atoms with E-state index in [1.165, 1.54) is 0 Å². The van der Waals surface area contributed by atoms with Gasteiger partial charge in [0.25, 0.3) is 0 Å². The maximum atomic E-state index is 11.4. The van der Waals surface area contributed by atoms with E-state index in [1.54, 1.807) is 27.7 Å². The summed E-state index contributed by atoms with van der Waals surface area (Å²) in [5.41, 5.74) is 9.73. The highest BCUT2D eigenvalue weighted by Gasteiger charge is 2.17. The molecule has 20 heavy (non-hydrogen) atoms. The number of aliphatic hydroxyl groups excluding tert-OH is 1. The summed E-state index contributed by atoms with van der Waals surface area (Å²) in [4.78, 5) is 22.6. The quantitative estimate of drug-likeness (QED) is 0.257. The highest BCUT2D eigenvalue weighted by atomic mass is 16.6. The number of alkyl carbamates (subject to hydrolysis) is 1. The van der Waals surface area contributed by atoms with E-state index in [0.717, 1.165) is 6.08 Å². The summed E-state index contributed by atoms with van der Waals surface area (Å²) in [6.45, 7) is 6.77. The van der Waals surface area contributed by atoms with Crippen molar-refractivity contribution in [3.63, 3.8) is 0 Å². The number of carbonyl (C=O) groups excluding carboxylic acids is 2. The van der Waals surface area contributed by atoms with Gasteiger partial charge in [-0.3, -0.25) is 5.32 Å². The van der Waals surface area contributed by atoms with Crippen LogP contribution in [0, 0.1) is 0 Å². The van der Waals surface area contributed by atoms with Gasteiger partial charge < -0.3 is 26.0 Å². The van der Waals surface area contributed by atoms with Crippen LogP contribution in [-0.2, 0) is 14.3 Å². The van der Waals surface area contributed by atoms with Crippen LogP contribution in [0.15, 0.2) is 23.4 Å². The second-order valence-corrected chi connectivity index (χ2v) is 4.75. The van der Waals surface area contributed by atoms with Crippen molar-refractivity contribution in [2.75, 3.05) is 6.61 Å². The lowest BCUT2D eigenvalue weighted by atomic mass is 10.2. The maximum absolute atomic E-state index is 11.4. The zero-order valence-corrected chi connectivity index (χ0v) is 12.0. The van der Waals surface area contributed by atoms with Crippen LogP contribution in [0.25, 0.3) is 0 Å². The molecule has 0 radical (unpaired) electrons. The molecule has 0 aliphatic heterocycles. The van der Waals surface area contributed by atoms with Gasteiger partial charge in [0, 0.05) is 6.08 Å². The Morgan fingerprint density at radius 2 is 1.85 bits per heavy atom. The predicted octanol–water partition coefficient (Wildman–Crippen LogP) is 0.603. The summed E-state index contributed by atoms with van der Waals surface area (Å²) in [6.07, 6.45) is 0.0367. The van der Waals surface area contributed by atoms with Crippen molar-refractivity contribution >= 4 is 12.1 Å². The zero-order chi connectivity index (χ0) is 15.9. The van der Waals surface area contributed by atoms with E-state index in [-0.39, 0.29) is 12.3 Å². The van der Waals surface area contributed by atoms with Gasteiger partial charge in [0.15, 0.2) is 5.76 Å². The molecule has 0 fully saturated rings. The maximum Gasteiger partial charge on any atom is 0.413 e. The Hall–Kier alpha value is -2.38. The number of carbonyl (C=O) groups is 2. The Balaban J connectivity index is 4.79. The van der Waals surface area contributed by atoms with Crippen molar-refractivity contribution in [1.82, 2.24) is 5.32 Å². The smallest absolute Gasteiger partial charge is 0.413 e. The predicted molar refractivity (Wildman–Crippen MR) is 72.1 cm³/mol. The molecule has 0 aliphatic rings. The van der Waals surface area contributed by atoms with Crippen LogP contribution in [0.3, 0.4) is 0 Å². The minimum absolute atomic E-state index is 0.142. The van der Waals surface area contributed by atoms with Gasteiger partial charge in [-0.15, -0.1) is 0 Å². The van der Waals surface area contributed by atoms with Gasteiger partial charge in [-0.05, 0) is 27.7 Å². The number of aliphatic hydroxyl groups is 1. The first-order chi connectivity index (χ1) is 9.06. The first-order valence-corrected chi connectivity index (χ1v) is 5.89. The Labute approximate surface area is 117 Å². The standard InChI is InChI=1S/C12H21N3O5/c1-5-19-10(17)7(13)6-8(16)9(14)15-11(18)20-12(2,3)4/h6,16H,5,13-14H2,1-4H3,(H,15,18)/b7-6-,9-8-. The van der Waals surface area contributed by atoms with Crippen LogP contribution in [-0.4, -0.2) is 29.4 Å². The highest BCUT2D eigenvalue weighted by Crippen LogP contribution is 2.07. The van der Waals surface area contributed by atoms with Gasteiger partial charge >= 0.3 is 12.1 Å². The molecule has 114 valence electrons. The molecular formula is C12H21N3O5. The van der Waals surface area contributed by atoms with Gasteiger partial charge in [-0.25, -0.2) is 9.59 Å². The number of allylic oxidation sites excluding steroid dienone is 1. The fraction of sp³-hybridized carbons (Fsp3) is 0.500. The van der Waals surface area contributed by atoms with Gasteiger partial charge in [0.2, 0.25) is 0 Å². The van der Waals surface area contributed by atoms with E-state index >= 15 is 0 Å². The second kappa shape index (κ2) is 7.27. The summed E-state index contributed by atoms with van der Waals surface area (Å²) < 4.78 is 9.54. The number of nitrogens with two attached hydrogens (primary N) is 2. The molecule has 8 nitrogen and oxygen atoms in total. The van der Waals surface area contributed by atoms with E-state index < -0.39 is 29.2 Å². The van der Waals surface area contributed by atoms with E-state index in [4.69, 9.17) is 16.2 Å². The molecule has 0 aromatic heterocycles. The van der Waals surface area contributed by atoms with E-state index in [2.05, 4.69) is 10.1 Å². The minimum Gasteiger partial charge on any atom is -0.504 e. The fourth-order valence-corrected chi connectivity index (χ4v) is 0.976. The lowest BCUT2D eigenvalue weighted by Crippen LogP contribution is -2.35. The zero-order valence-electron chi connectivity index (χ0n) is 12.0. The molecular weight excluding hydrogens is 266 g/mol. The van der Waals surface area contributed by atoms with Crippen LogP contribution in [0.2, 0.25) is 0 Å². The number of esters is 1. The van der Waals surface area contributed by atoms with Crippen molar-refractivity contribution in [2.45, 2.75) is 33.3 Å². The summed E-state index contributed by atoms with van der Waals surface area (Å²) >= 11 is 0. The monoisotopic (exact) mass is 287 g/mol. The normalized spacial score (nSPS) is 13.3. The van der Waals surface area contributed by atoms with Gasteiger partial charge in [-0.2, -0.15) is 0 Å². The average molecular weight is 287 g/mol. The molecule has 0 saturated carbocycles. The number of hydrogen-bond acceptors (Lipinski definition) is 7. The molecule has 8 heteroatoms. The molecule has 0 unspecified atom stereocenters. The molecule has 0 spiro atoms. The average Bonchev–Trinajstić information content (AvgIpc) is 2.26. The number of rotatable bonds is 4. The molecule has 6 N–H and O–H groups in total. The van der Waals surface area contributed by atoms with Crippen molar-refractivity contribution in [1.29, 1.82) is 0 Å². The van der Waals surface area contributed by atoms with Crippen LogP contribution in [0.5, 0.6) is 0 Å². The van der Waals surface area contributed by atoms with Crippen LogP contribution in [0.4, 0.5) is 4.79 Å². The largest absolute Gasteiger partial charge is 0.504 e. The third-order valence-corrected chi connectivity index (χ3v) is 1.71. The molecule has 0 saturated heterocycles. The second-order valence-electron chi connectivity index (χ2n) is 4.75. The molecule has 0 rings (SSSR count). The van der Waals surface area contributed by atoms with Crippen molar-refractivity contribution in [3.05, 3.63) is 23.4 Å². The lowest BCUT2D eigenvalue weighted by molar-refractivity contribution is -0.138. The first-order valence-electron chi connectivity index (χ1n) is 5.89. The van der Waals surface area contributed by atoms with Crippen LogP contribution in [0.1, 0.15) is 27.7 Å².